The van der Waals surface area contributed by atoms with Crippen molar-refractivity contribution in [3.63, 3.8) is 0 Å². The second-order valence-corrected chi connectivity index (χ2v) is 4.99. The summed E-state index contributed by atoms with van der Waals surface area (Å²) in [5, 5.41) is 11.1. The molecule has 1 aromatic rings. The first-order chi connectivity index (χ1) is 9.10. The van der Waals surface area contributed by atoms with Crippen molar-refractivity contribution in [2.75, 3.05) is 30.7 Å². The van der Waals surface area contributed by atoms with E-state index in [1.165, 1.54) is 5.56 Å². The fourth-order valence-corrected chi connectivity index (χ4v) is 2.63. The highest BCUT2D eigenvalue weighted by atomic mass is 16.4. The van der Waals surface area contributed by atoms with Crippen LogP contribution in [-0.2, 0) is 0 Å². The zero-order valence-electron chi connectivity index (χ0n) is 11.2. The van der Waals surface area contributed by atoms with Crippen molar-refractivity contribution in [3.05, 3.63) is 23.8 Å². The van der Waals surface area contributed by atoms with E-state index in [0.29, 0.717) is 17.3 Å². The van der Waals surface area contributed by atoms with Crippen molar-refractivity contribution >= 4 is 17.5 Å². The molecule has 1 saturated heterocycles. The van der Waals surface area contributed by atoms with E-state index in [9.17, 15) is 4.79 Å². The highest BCUT2D eigenvalue weighted by molar-refractivity contribution is 5.87. The monoisotopic (exact) mass is 263 g/mol. The molecule has 1 fully saturated rings. The molecule has 0 bridgehead atoms. The second-order valence-electron chi connectivity index (χ2n) is 4.99. The van der Waals surface area contributed by atoms with Gasteiger partial charge < -0.3 is 15.7 Å². The Hall–Kier alpha value is -1.75. The van der Waals surface area contributed by atoms with Crippen LogP contribution in [0.15, 0.2) is 18.2 Å². The molecule has 1 amide bonds. The Morgan fingerprint density at radius 3 is 2.74 bits per heavy atom. The van der Waals surface area contributed by atoms with Gasteiger partial charge in [-0.25, -0.2) is 4.79 Å². The lowest BCUT2D eigenvalue weighted by atomic mass is 9.89. The summed E-state index contributed by atoms with van der Waals surface area (Å²) < 4.78 is 0. The van der Waals surface area contributed by atoms with E-state index < -0.39 is 6.09 Å². The first-order valence-corrected chi connectivity index (χ1v) is 6.72. The van der Waals surface area contributed by atoms with Crippen LogP contribution >= 0.6 is 0 Å². The molecule has 0 saturated carbocycles. The summed E-state index contributed by atoms with van der Waals surface area (Å²) >= 11 is 0. The molecular formula is C14H21N3O2. The van der Waals surface area contributed by atoms with Crippen molar-refractivity contribution in [2.24, 2.45) is 0 Å². The lowest BCUT2D eigenvalue weighted by Crippen LogP contribution is -2.32. The highest BCUT2D eigenvalue weighted by Gasteiger charge is 2.20. The third-order valence-corrected chi connectivity index (χ3v) is 3.83. The van der Waals surface area contributed by atoms with Gasteiger partial charge in [-0.05, 0) is 56.1 Å². The first kappa shape index (κ1) is 13.7. The third kappa shape index (κ3) is 3.38. The molecule has 5 heteroatoms. The van der Waals surface area contributed by atoms with Crippen LogP contribution in [0.3, 0.4) is 0 Å². The molecule has 0 aromatic heterocycles. The van der Waals surface area contributed by atoms with E-state index in [4.69, 9.17) is 10.8 Å². The second kappa shape index (κ2) is 5.93. The standard InChI is InChI=1S/C14H21N3O2/c1-2-17-7-5-10(6-8-17)11-3-4-12(15)13(9-11)16-14(18)19/h3-4,9-10,16H,2,5-8,15H2,1H3,(H,18,19). The Labute approximate surface area is 113 Å². The maximum absolute atomic E-state index is 10.7. The normalized spacial score (nSPS) is 17.3. The van der Waals surface area contributed by atoms with Crippen molar-refractivity contribution in [3.8, 4) is 0 Å². The molecule has 19 heavy (non-hydrogen) atoms. The fourth-order valence-electron chi connectivity index (χ4n) is 2.63. The number of hydrogen-bond donors (Lipinski definition) is 3. The first-order valence-electron chi connectivity index (χ1n) is 6.72. The zero-order valence-corrected chi connectivity index (χ0v) is 11.2. The molecule has 1 heterocycles. The predicted molar refractivity (Wildman–Crippen MR) is 76.6 cm³/mol. The molecule has 1 aliphatic heterocycles. The average Bonchev–Trinajstić information content (AvgIpc) is 2.41. The number of rotatable bonds is 3. The van der Waals surface area contributed by atoms with E-state index in [1.54, 1.807) is 6.07 Å². The molecule has 4 N–H and O–H groups in total. The van der Waals surface area contributed by atoms with Gasteiger partial charge in [0, 0.05) is 0 Å². The number of nitrogen functional groups attached to an aromatic ring is 1. The minimum absolute atomic E-state index is 0.470. The number of piperidine rings is 1. The highest BCUT2D eigenvalue weighted by Crippen LogP contribution is 2.31. The van der Waals surface area contributed by atoms with Crippen LogP contribution in [0.4, 0.5) is 16.2 Å². The maximum Gasteiger partial charge on any atom is 0.409 e. The topological polar surface area (TPSA) is 78.6 Å². The van der Waals surface area contributed by atoms with Gasteiger partial charge in [0.15, 0.2) is 0 Å². The van der Waals surface area contributed by atoms with Crippen LogP contribution < -0.4 is 11.1 Å². The number of anilines is 2. The molecule has 1 aromatic carbocycles. The Bertz CT molecular complexity index is 454. The van der Waals surface area contributed by atoms with Crippen molar-refractivity contribution < 1.29 is 9.90 Å². The molecule has 0 radical (unpaired) electrons. The van der Waals surface area contributed by atoms with Crippen LogP contribution in [0.5, 0.6) is 0 Å². The Balaban J connectivity index is 2.10. The SMILES string of the molecule is CCN1CCC(c2ccc(N)c(NC(=O)O)c2)CC1. The van der Waals surface area contributed by atoms with E-state index in [2.05, 4.69) is 17.1 Å². The van der Waals surface area contributed by atoms with Gasteiger partial charge in [0.2, 0.25) is 0 Å². The fraction of sp³-hybridized carbons (Fsp3) is 0.500. The van der Waals surface area contributed by atoms with E-state index in [-0.39, 0.29) is 0 Å². The van der Waals surface area contributed by atoms with E-state index in [0.717, 1.165) is 32.5 Å². The number of carbonyl (C=O) groups is 1. The van der Waals surface area contributed by atoms with Gasteiger partial charge in [0.05, 0.1) is 11.4 Å². The number of nitrogens with two attached hydrogens (primary N) is 1. The summed E-state index contributed by atoms with van der Waals surface area (Å²) in [6, 6.07) is 5.66. The number of carboxylic acid groups (broad SMARTS) is 1. The largest absolute Gasteiger partial charge is 0.465 e. The molecule has 0 aliphatic carbocycles. The van der Waals surface area contributed by atoms with Gasteiger partial charge in [-0.1, -0.05) is 13.0 Å². The number of benzene rings is 1. The van der Waals surface area contributed by atoms with Crippen LogP contribution in [0.2, 0.25) is 0 Å². The van der Waals surface area contributed by atoms with E-state index >= 15 is 0 Å². The molecule has 0 unspecified atom stereocenters. The van der Waals surface area contributed by atoms with Crippen LogP contribution in [-0.4, -0.2) is 35.7 Å². The molecule has 1 aliphatic rings. The minimum atomic E-state index is -1.08. The Morgan fingerprint density at radius 1 is 1.47 bits per heavy atom. The third-order valence-electron chi connectivity index (χ3n) is 3.83. The van der Waals surface area contributed by atoms with Crippen molar-refractivity contribution in [1.82, 2.24) is 4.90 Å². The molecule has 104 valence electrons. The summed E-state index contributed by atoms with van der Waals surface area (Å²) in [6.07, 6.45) is 1.15. The Morgan fingerprint density at radius 2 is 2.16 bits per heavy atom. The van der Waals surface area contributed by atoms with Crippen molar-refractivity contribution in [2.45, 2.75) is 25.7 Å². The molecule has 2 rings (SSSR count). The zero-order chi connectivity index (χ0) is 13.8. The minimum Gasteiger partial charge on any atom is -0.465 e. The molecular weight excluding hydrogens is 242 g/mol. The van der Waals surface area contributed by atoms with Crippen LogP contribution in [0.1, 0.15) is 31.2 Å². The summed E-state index contributed by atoms with van der Waals surface area (Å²) in [6.45, 7) is 5.49. The van der Waals surface area contributed by atoms with Gasteiger partial charge >= 0.3 is 6.09 Å². The van der Waals surface area contributed by atoms with Crippen LogP contribution in [0.25, 0.3) is 0 Å². The Kier molecular flexibility index (Phi) is 4.27. The van der Waals surface area contributed by atoms with Gasteiger partial charge in [0.1, 0.15) is 0 Å². The average molecular weight is 263 g/mol. The summed E-state index contributed by atoms with van der Waals surface area (Å²) in [5.74, 6) is 0.498. The predicted octanol–water partition coefficient (Wildman–Crippen LogP) is 2.56. The number of amides is 1. The van der Waals surface area contributed by atoms with Gasteiger partial charge in [-0.15, -0.1) is 0 Å². The van der Waals surface area contributed by atoms with E-state index in [1.807, 2.05) is 12.1 Å². The number of hydrogen-bond acceptors (Lipinski definition) is 3. The van der Waals surface area contributed by atoms with Gasteiger partial charge in [-0.2, -0.15) is 0 Å². The summed E-state index contributed by atoms with van der Waals surface area (Å²) in [7, 11) is 0. The lowest BCUT2D eigenvalue weighted by molar-refractivity contribution is 0.209. The molecule has 5 nitrogen and oxygen atoms in total. The number of nitrogens with one attached hydrogen (secondary N) is 1. The summed E-state index contributed by atoms with van der Waals surface area (Å²) in [4.78, 5) is 13.2. The number of likely N-dealkylation sites (tertiary alicyclic amines) is 1. The van der Waals surface area contributed by atoms with Gasteiger partial charge in [0.25, 0.3) is 0 Å². The van der Waals surface area contributed by atoms with Crippen molar-refractivity contribution in [1.29, 1.82) is 0 Å². The summed E-state index contributed by atoms with van der Waals surface area (Å²) in [5.41, 5.74) is 7.91. The van der Waals surface area contributed by atoms with Gasteiger partial charge in [-0.3, -0.25) is 5.32 Å². The molecule has 0 spiro atoms. The quantitative estimate of drug-likeness (QED) is 0.732. The number of nitrogens with zero attached hydrogens (tertiary/aromatic N) is 1. The smallest absolute Gasteiger partial charge is 0.409 e. The lowest BCUT2D eigenvalue weighted by Gasteiger charge is -2.31. The maximum atomic E-state index is 10.7. The van der Waals surface area contributed by atoms with Crippen LogP contribution in [0, 0.1) is 0 Å². The molecule has 0 atom stereocenters.